The summed E-state index contributed by atoms with van der Waals surface area (Å²) in [5, 5.41) is 2.73. The minimum Gasteiger partial charge on any atom is -0.493 e. The van der Waals surface area contributed by atoms with Crippen LogP contribution in [0.2, 0.25) is 0 Å². The largest absolute Gasteiger partial charge is 0.493 e. The van der Waals surface area contributed by atoms with Crippen molar-refractivity contribution in [3.05, 3.63) is 65.7 Å². The molecule has 0 saturated carbocycles. The summed E-state index contributed by atoms with van der Waals surface area (Å²) in [7, 11) is 0. The third-order valence-electron chi connectivity index (χ3n) is 4.01. The van der Waals surface area contributed by atoms with Crippen molar-refractivity contribution in [1.82, 2.24) is 5.32 Å². The SMILES string of the molecule is CC(=O)c1ccc(OCCC(=O)OCC(=O)NCCCc2ccccc2)cc1. The van der Waals surface area contributed by atoms with Crippen LogP contribution in [0.3, 0.4) is 0 Å². The van der Waals surface area contributed by atoms with Crippen molar-refractivity contribution in [2.24, 2.45) is 0 Å². The maximum atomic E-state index is 11.7. The third kappa shape index (κ3) is 8.03. The zero-order valence-electron chi connectivity index (χ0n) is 16.0. The van der Waals surface area contributed by atoms with Crippen LogP contribution in [0.4, 0.5) is 0 Å². The van der Waals surface area contributed by atoms with Crippen LogP contribution in [0.25, 0.3) is 0 Å². The van der Waals surface area contributed by atoms with E-state index in [4.69, 9.17) is 9.47 Å². The van der Waals surface area contributed by atoms with E-state index in [1.165, 1.54) is 12.5 Å². The van der Waals surface area contributed by atoms with Gasteiger partial charge < -0.3 is 14.8 Å². The summed E-state index contributed by atoms with van der Waals surface area (Å²) in [6, 6.07) is 16.7. The lowest BCUT2D eigenvalue weighted by Crippen LogP contribution is -2.30. The van der Waals surface area contributed by atoms with E-state index in [1.54, 1.807) is 24.3 Å². The number of hydrogen-bond acceptors (Lipinski definition) is 5. The number of amides is 1. The molecule has 0 atom stereocenters. The van der Waals surface area contributed by atoms with Crippen molar-refractivity contribution in [2.45, 2.75) is 26.2 Å². The summed E-state index contributed by atoms with van der Waals surface area (Å²) in [5.74, 6) is -0.274. The molecule has 1 N–H and O–H groups in total. The highest BCUT2D eigenvalue weighted by Crippen LogP contribution is 2.12. The molecule has 1 amide bonds. The van der Waals surface area contributed by atoms with Gasteiger partial charge in [0.15, 0.2) is 12.4 Å². The Balaban J connectivity index is 1.53. The van der Waals surface area contributed by atoms with Crippen molar-refractivity contribution in [3.8, 4) is 5.75 Å². The van der Waals surface area contributed by atoms with Crippen LogP contribution in [-0.2, 0) is 20.7 Å². The molecule has 6 heteroatoms. The molecule has 148 valence electrons. The van der Waals surface area contributed by atoms with Gasteiger partial charge in [0.05, 0.1) is 13.0 Å². The predicted octanol–water partition coefficient (Wildman–Crippen LogP) is 2.95. The summed E-state index contributed by atoms with van der Waals surface area (Å²) in [6.07, 6.45) is 1.74. The Kier molecular flexibility index (Phi) is 8.72. The van der Waals surface area contributed by atoms with Gasteiger partial charge in [0.2, 0.25) is 0 Å². The zero-order chi connectivity index (χ0) is 20.2. The number of benzene rings is 2. The van der Waals surface area contributed by atoms with Crippen molar-refractivity contribution in [3.63, 3.8) is 0 Å². The minimum absolute atomic E-state index is 0.0199. The first kappa shape index (κ1) is 21.2. The highest BCUT2D eigenvalue weighted by atomic mass is 16.5. The molecule has 0 saturated heterocycles. The molecule has 0 bridgehead atoms. The summed E-state index contributed by atoms with van der Waals surface area (Å²) >= 11 is 0. The number of aryl methyl sites for hydroxylation is 1. The molecule has 0 spiro atoms. The molecule has 2 aromatic carbocycles. The molecule has 0 fully saturated rings. The standard InChI is InChI=1S/C22H25NO5/c1-17(24)19-9-11-20(12-10-19)27-15-13-22(26)28-16-21(25)23-14-5-8-18-6-3-2-4-7-18/h2-4,6-7,9-12H,5,8,13-16H2,1H3,(H,23,25). The van der Waals surface area contributed by atoms with Gasteiger partial charge in [-0.05, 0) is 49.6 Å². The summed E-state index contributed by atoms with van der Waals surface area (Å²) in [5.41, 5.74) is 1.82. The highest BCUT2D eigenvalue weighted by Gasteiger charge is 2.08. The number of rotatable bonds is 11. The molecular weight excluding hydrogens is 358 g/mol. The van der Waals surface area contributed by atoms with E-state index in [2.05, 4.69) is 5.32 Å². The Morgan fingerprint density at radius 2 is 1.68 bits per heavy atom. The van der Waals surface area contributed by atoms with E-state index in [1.807, 2.05) is 30.3 Å². The maximum Gasteiger partial charge on any atom is 0.309 e. The van der Waals surface area contributed by atoms with E-state index in [0.717, 1.165) is 12.8 Å². The summed E-state index contributed by atoms with van der Waals surface area (Å²) in [6.45, 7) is 1.87. The third-order valence-corrected chi connectivity index (χ3v) is 4.01. The van der Waals surface area contributed by atoms with Crippen molar-refractivity contribution in [2.75, 3.05) is 19.8 Å². The van der Waals surface area contributed by atoms with Gasteiger partial charge in [-0.2, -0.15) is 0 Å². The molecule has 28 heavy (non-hydrogen) atoms. The number of carbonyl (C=O) groups excluding carboxylic acids is 3. The van der Waals surface area contributed by atoms with Crippen LogP contribution in [0, 0.1) is 0 Å². The first-order chi connectivity index (χ1) is 13.5. The van der Waals surface area contributed by atoms with Gasteiger partial charge in [-0.3, -0.25) is 14.4 Å². The van der Waals surface area contributed by atoms with Crippen molar-refractivity contribution < 1.29 is 23.9 Å². The van der Waals surface area contributed by atoms with Crippen LogP contribution in [-0.4, -0.2) is 37.4 Å². The molecule has 0 radical (unpaired) electrons. The van der Waals surface area contributed by atoms with E-state index in [0.29, 0.717) is 17.9 Å². The van der Waals surface area contributed by atoms with Gasteiger partial charge in [0.1, 0.15) is 5.75 Å². The van der Waals surface area contributed by atoms with E-state index >= 15 is 0 Å². The number of ether oxygens (including phenoxy) is 2. The molecule has 0 aliphatic rings. The van der Waals surface area contributed by atoms with Gasteiger partial charge in [-0.15, -0.1) is 0 Å². The summed E-state index contributed by atoms with van der Waals surface area (Å²) < 4.78 is 10.4. The van der Waals surface area contributed by atoms with Crippen LogP contribution in [0.15, 0.2) is 54.6 Å². The first-order valence-electron chi connectivity index (χ1n) is 9.24. The number of ketones is 1. The molecule has 2 rings (SSSR count). The monoisotopic (exact) mass is 383 g/mol. The lowest BCUT2D eigenvalue weighted by Gasteiger charge is -2.08. The van der Waals surface area contributed by atoms with Gasteiger partial charge in [0, 0.05) is 12.1 Å². The van der Waals surface area contributed by atoms with E-state index < -0.39 is 5.97 Å². The lowest BCUT2D eigenvalue weighted by atomic mass is 10.1. The molecule has 6 nitrogen and oxygen atoms in total. The molecule has 0 aliphatic carbocycles. The second kappa shape index (κ2) is 11.5. The topological polar surface area (TPSA) is 81.7 Å². The van der Waals surface area contributed by atoms with Gasteiger partial charge in [-0.1, -0.05) is 30.3 Å². The Morgan fingerprint density at radius 3 is 2.36 bits per heavy atom. The summed E-state index contributed by atoms with van der Waals surface area (Å²) in [4.78, 5) is 34.6. The number of carbonyl (C=O) groups is 3. The Hall–Kier alpha value is -3.15. The van der Waals surface area contributed by atoms with Crippen molar-refractivity contribution >= 4 is 17.7 Å². The molecule has 0 unspecified atom stereocenters. The lowest BCUT2D eigenvalue weighted by molar-refractivity contribution is -0.149. The first-order valence-corrected chi connectivity index (χ1v) is 9.24. The van der Waals surface area contributed by atoms with Crippen molar-refractivity contribution in [1.29, 1.82) is 0 Å². The number of nitrogens with one attached hydrogen (secondary N) is 1. The Labute approximate surface area is 164 Å². The maximum absolute atomic E-state index is 11.7. The molecule has 2 aromatic rings. The smallest absolute Gasteiger partial charge is 0.309 e. The van der Waals surface area contributed by atoms with Gasteiger partial charge in [0.25, 0.3) is 5.91 Å². The van der Waals surface area contributed by atoms with Crippen LogP contribution in [0.5, 0.6) is 5.75 Å². The van der Waals surface area contributed by atoms with Gasteiger partial charge >= 0.3 is 5.97 Å². The molecule has 0 heterocycles. The fourth-order valence-corrected chi connectivity index (χ4v) is 2.47. The molecule has 0 aromatic heterocycles. The molecule has 0 aliphatic heterocycles. The Morgan fingerprint density at radius 1 is 0.964 bits per heavy atom. The van der Waals surface area contributed by atoms with Gasteiger partial charge in [-0.25, -0.2) is 0 Å². The number of esters is 1. The fraction of sp³-hybridized carbons (Fsp3) is 0.318. The van der Waals surface area contributed by atoms with E-state index in [9.17, 15) is 14.4 Å². The average molecular weight is 383 g/mol. The second-order valence-electron chi connectivity index (χ2n) is 6.28. The zero-order valence-corrected chi connectivity index (χ0v) is 16.0. The quantitative estimate of drug-likeness (QED) is 0.367. The fourth-order valence-electron chi connectivity index (χ4n) is 2.47. The van der Waals surface area contributed by atoms with E-state index in [-0.39, 0.29) is 31.3 Å². The number of Topliss-reactive ketones (excluding diaryl/α,β-unsaturated/α-hetero) is 1. The number of hydrogen-bond donors (Lipinski definition) is 1. The Bertz CT molecular complexity index is 771. The predicted molar refractivity (Wildman–Crippen MR) is 105 cm³/mol. The van der Waals surface area contributed by atoms with Crippen LogP contribution in [0.1, 0.15) is 35.7 Å². The average Bonchev–Trinajstić information content (AvgIpc) is 2.71. The highest BCUT2D eigenvalue weighted by molar-refractivity contribution is 5.94. The minimum atomic E-state index is -0.500. The van der Waals surface area contributed by atoms with Crippen LogP contribution >= 0.6 is 0 Å². The second-order valence-corrected chi connectivity index (χ2v) is 6.28. The molecular formula is C22H25NO5. The normalized spacial score (nSPS) is 10.2. The van der Waals surface area contributed by atoms with Crippen LogP contribution < -0.4 is 10.1 Å².